The van der Waals surface area contributed by atoms with Crippen LogP contribution in [-0.2, 0) is 16.6 Å². The second-order valence-corrected chi connectivity index (χ2v) is 6.78. The Morgan fingerprint density at radius 2 is 1.55 bits per heavy atom. The van der Waals surface area contributed by atoms with Gasteiger partial charge in [0.25, 0.3) is 0 Å². The maximum Gasteiger partial charge on any atom is 0.225 e. The van der Waals surface area contributed by atoms with E-state index in [1.54, 1.807) is 0 Å². The Kier molecular flexibility index (Phi) is 3.25. The van der Waals surface area contributed by atoms with Crippen molar-refractivity contribution in [2.45, 2.75) is 24.7 Å². The van der Waals surface area contributed by atoms with E-state index < -0.39 is 0 Å². The highest BCUT2D eigenvalue weighted by atomic mass is 16.2. The van der Waals surface area contributed by atoms with E-state index in [1.165, 1.54) is 11.1 Å². The highest BCUT2D eigenvalue weighted by Gasteiger charge is 2.48. The second-order valence-electron chi connectivity index (χ2n) is 6.78. The summed E-state index contributed by atoms with van der Waals surface area (Å²) in [6.45, 7) is 1.72. The molecule has 1 aliphatic heterocycles. The second kappa shape index (κ2) is 5.28. The van der Waals surface area contributed by atoms with Crippen molar-refractivity contribution in [2.75, 3.05) is 13.1 Å². The average molecular weight is 291 g/mol. The van der Waals surface area contributed by atoms with Crippen molar-refractivity contribution in [3.05, 3.63) is 71.8 Å². The minimum atomic E-state index is 0.0904. The van der Waals surface area contributed by atoms with Crippen LogP contribution in [-0.4, -0.2) is 23.9 Å². The molecule has 22 heavy (non-hydrogen) atoms. The third-order valence-corrected chi connectivity index (χ3v) is 5.00. The molecule has 0 spiro atoms. The van der Waals surface area contributed by atoms with Crippen LogP contribution < -0.4 is 0 Å². The lowest BCUT2D eigenvalue weighted by molar-refractivity contribution is -0.140. The summed E-state index contributed by atoms with van der Waals surface area (Å²) in [5, 5.41) is 0. The molecule has 112 valence electrons. The van der Waals surface area contributed by atoms with E-state index >= 15 is 0 Å². The van der Waals surface area contributed by atoms with Crippen LogP contribution in [0.1, 0.15) is 24.0 Å². The largest absolute Gasteiger partial charge is 0.341 e. The number of benzene rings is 2. The lowest BCUT2D eigenvalue weighted by atomic mass is 9.69. The molecular formula is C20H21NO. The third-order valence-electron chi connectivity index (χ3n) is 5.00. The first-order valence-corrected chi connectivity index (χ1v) is 8.15. The molecule has 1 amide bonds. The first-order chi connectivity index (χ1) is 10.8. The fraction of sp³-hybridized carbons (Fsp3) is 0.350. The van der Waals surface area contributed by atoms with E-state index in [0.29, 0.717) is 11.8 Å². The molecular weight excluding hydrogens is 270 g/mol. The smallest absolute Gasteiger partial charge is 0.225 e. The van der Waals surface area contributed by atoms with Crippen LogP contribution in [0, 0.1) is 5.92 Å². The Balaban J connectivity index is 1.58. The number of rotatable bonds is 4. The Bertz CT molecular complexity index is 655. The zero-order chi connectivity index (χ0) is 15.0. The molecule has 0 aromatic heterocycles. The van der Waals surface area contributed by atoms with Gasteiger partial charge in [-0.05, 0) is 30.4 Å². The molecule has 0 N–H and O–H groups in total. The van der Waals surface area contributed by atoms with Gasteiger partial charge in [-0.25, -0.2) is 0 Å². The van der Waals surface area contributed by atoms with Gasteiger partial charge in [-0.15, -0.1) is 0 Å². The minimum absolute atomic E-state index is 0.0904. The van der Waals surface area contributed by atoms with Crippen molar-refractivity contribution in [1.82, 2.24) is 4.90 Å². The van der Waals surface area contributed by atoms with E-state index in [9.17, 15) is 4.79 Å². The predicted molar refractivity (Wildman–Crippen MR) is 87.6 cm³/mol. The zero-order valence-corrected chi connectivity index (χ0v) is 12.7. The number of likely N-dealkylation sites (tertiary alicyclic amines) is 1. The van der Waals surface area contributed by atoms with E-state index in [1.807, 2.05) is 0 Å². The van der Waals surface area contributed by atoms with E-state index in [2.05, 4.69) is 65.6 Å². The Morgan fingerprint density at radius 3 is 2.14 bits per heavy atom. The first kappa shape index (κ1) is 13.6. The van der Waals surface area contributed by atoms with Gasteiger partial charge in [0.2, 0.25) is 5.91 Å². The number of hydrogen-bond donors (Lipinski definition) is 0. The Hall–Kier alpha value is -2.09. The quantitative estimate of drug-likeness (QED) is 0.845. The predicted octanol–water partition coefficient (Wildman–Crippen LogP) is 3.42. The van der Waals surface area contributed by atoms with Crippen LogP contribution in [0.2, 0.25) is 0 Å². The minimum Gasteiger partial charge on any atom is -0.341 e. The van der Waals surface area contributed by atoms with Crippen molar-refractivity contribution < 1.29 is 4.79 Å². The average Bonchev–Trinajstić information content (AvgIpc) is 3.37. The van der Waals surface area contributed by atoms with Crippen molar-refractivity contribution in [3.63, 3.8) is 0 Å². The molecule has 1 aliphatic carbocycles. The van der Waals surface area contributed by atoms with Crippen LogP contribution in [0.15, 0.2) is 60.7 Å². The first-order valence-electron chi connectivity index (χ1n) is 8.15. The van der Waals surface area contributed by atoms with Crippen LogP contribution in [0.5, 0.6) is 0 Å². The van der Waals surface area contributed by atoms with Gasteiger partial charge in [0, 0.05) is 24.4 Å². The van der Waals surface area contributed by atoms with Gasteiger partial charge < -0.3 is 4.90 Å². The van der Waals surface area contributed by atoms with Crippen LogP contribution in [0.3, 0.4) is 0 Å². The standard InChI is InChI=1S/C20H21NO/c22-19(17-11-12-17)21-14-20(15-21,18-9-5-2-6-10-18)13-16-7-3-1-4-8-16/h1-10,17H,11-15H2. The Morgan fingerprint density at radius 1 is 0.955 bits per heavy atom. The van der Waals surface area contributed by atoms with Crippen LogP contribution in [0.4, 0.5) is 0 Å². The summed E-state index contributed by atoms with van der Waals surface area (Å²) in [4.78, 5) is 14.3. The number of nitrogens with zero attached hydrogens (tertiary/aromatic N) is 1. The molecule has 2 aliphatic rings. The summed E-state index contributed by atoms with van der Waals surface area (Å²) >= 11 is 0. The summed E-state index contributed by atoms with van der Waals surface area (Å²) in [6, 6.07) is 21.3. The highest BCUT2D eigenvalue weighted by molar-refractivity contribution is 5.82. The molecule has 2 heteroatoms. The molecule has 0 atom stereocenters. The van der Waals surface area contributed by atoms with Crippen molar-refractivity contribution >= 4 is 5.91 Å². The SMILES string of the molecule is O=C(C1CC1)N1CC(Cc2ccccc2)(c2ccccc2)C1. The molecule has 2 nitrogen and oxygen atoms in total. The molecule has 0 unspecified atom stereocenters. The highest BCUT2D eigenvalue weighted by Crippen LogP contribution is 2.41. The van der Waals surface area contributed by atoms with Gasteiger partial charge in [-0.2, -0.15) is 0 Å². The van der Waals surface area contributed by atoms with Gasteiger partial charge in [-0.1, -0.05) is 60.7 Å². The Labute approximate surface area is 131 Å². The van der Waals surface area contributed by atoms with Gasteiger partial charge in [0.05, 0.1) is 0 Å². The van der Waals surface area contributed by atoms with Gasteiger partial charge in [0.15, 0.2) is 0 Å². The maximum atomic E-state index is 12.3. The molecule has 0 bridgehead atoms. The fourth-order valence-electron chi connectivity index (χ4n) is 3.60. The number of amides is 1. The lowest BCUT2D eigenvalue weighted by Crippen LogP contribution is -2.62. The van der Waals surface area contributed by atoms with Crippen LogP contribution >= 0.6 is 0 Å². The van der Waals surface area contributed by atoms with E-state index in [4.69, 9.17) is 0 Å². The summed E-state index contributed by atoms with van der Waals surface area (Å²) in [6.07, 6.45) is 3.19. The van der Waals surface area contributed by atoms with E-state index in [0.717, 1.165) is 32.4 Å². The molecule has 4 rings (SSSR count). The topological polar surface area (TPSA) is 20.3 Å². The summed E-state index contributed by atoms with van der Waals surface area (Å²) < 4.78 is 0. The van der Waals surface area contributed by atoms with Crippen molar-refractivity contribution in [3.8, 4) is 0 Å². The van der Waals surface area contributed by atoms with Gasteiger partial charge in [0.1, 0.15) is 0 Å². The zero-order valence-electron chi connectivity index (χ0n) is 12.7. The number of hydrogen-bond acceptors (Lipinski definition) is 1. The number of carbonyl (C=O) groups is 1. The summed E-state index contributed by atoms with van der Waals surface area (Å²) in [5.41, 5.74) is 2.80. The lowest BCUT2D eigenvalue weighted by Gasteiger charge is -2.51. The van der Waals surface area contributed by atoms with Gasteiger partial charge in [-0.3, -0.25) is 4.79 Å². The monoisotopic (exact) mass is 291 g/mol. The molecule has 0 radical (unpaired) electrons. The molecule has 1 heterocycles. The molecule has 2 aromatic rings. The molecule has 1 saturated carbocycles. The van der Waals surface area contributed by atoms with E-state index in [-0.39, 0.29) is 5.41 Å². The normalized spacial score (nSPS) is 19.5. The van der Waals surface area contributed by atoms with Crippen molar-refractivity contribution in [2.24, 2.45) is 5.92 Å². The third kappa shape index (κ3) is 2.43. The fourth-order valence-corrected chi connectivity index (χ4v) is 3.60. The van der Waals surface area contributed by atoms with Crippen molar-refractivity contribution in [1.29, 1.82) is 0 Å². The molecule has 2 fully saturated rings. The maximum absolute atomic E-state index is 12.3. The summed E-state index contributed by atoms with van der Waals surface area (Å²) in [5.74, 6) is 0.699. The van der Waals surface area contributed by atoms with Crippen LogP contribution in [0.25, 0.3) is 0 Å². The summed E-state index contributed by atoms with van der Waals surface area (Å²) in [7, 11) is 0. The van der Waals surface area contributed by atoms with Gasteiger partial charge >= 0.3 is 0 Å². The molecule has 1 saturated heterocycles. The molecule has 2 aromatic carbocycles. The number of carbonyl (C=O) groups excluding carboxylic acids is 1.